The number of non-ortho nitro benzene ring substituents is 1. The molecule has 122 valence electrons. The fourth-order valence-corrected chi connectivity index (χ4v) is 2.79. The van der Waals surface area contributed by atoms with E-state index >= 15 is 0 Å². The Morgan fingerprint density at radius 2 is 2.23 bits per heavy atom. The van der Waals surface area contributed by atoms with Gasteiger partial charge in [-0.25, -0.2) is 0 Å². The van der Waals surface area contributed by atoms with Crippen molar-refractivity contribution in [2.45, 2.75) is 25.8 Å². The number of benzene rings is 1. The maximum absolute atomic E-state index is 12.7. The van der Waals surface area contributed by atoms with Crippen LogP contribution in [0.3, 0.4) is 0 Å². The number of nitrogens with zero attached hydrogens (tertiary/aromatic N) is 2. The summed E-state index contributed by atoms with van der Waals surface area (Å²) < 4.78 is 0. The van der Waals surface area contributed by atoms with Gasteiger partial charge in [-0.05, 0) is 25.5 Å². The molecule has 1 amide bonds. The molecular weight excluding hydrogens is 329 g/mol. The van der Waals surface area contributed by atoms with Gasteiger partial charge >= 0.3 is 0 Å². The average molecular weight is 348 g/mol. The molecule has 1 heterocycles. The molecule has 6 nitrogen and oxygen atoms in total. The van der Waals surface area contributed by atoms with Crippen LogP contribution in [0.4, 0.5) is 5.69 Å². The van der Waals surface area contributed by atoms with Crippen molar-refractivity contribution in [3.63, 3.8) is 0 Å². The molecule has 1 unspecified atom stereocenters. The van der Waals surface area contributed by atoms with Gasteiger partial charge in [-0.3, -0.25) is 14.9 Å². The number of nitrogens with one attached hydrogen (secondary N) is 1. The Morgan fingerprint density at radius 1 is 1.50 bits per heavy atom. The molecule has 1 aromatic carbocycles. The number of amides is 1. The third-order valence-corrected chi connectivity index (χ3v) is 3.76. The van der Waals surface area contributed by atoms with E-state index in [2.05, 4.69) is 5.32 Å². The molecule has 0 spiro atoms. The van der Waals surface area contributed by atoms with Crippen LogP contribution in [-0.4, -0.2) is 41.4 Å². The molecular formula is C14H19Cl2N3O3. The average Bonchev–Trinajstić information content (AvgIpc) is 2.97. The van der Waals surface area contributed by atoms with Crippen molar-refractivity contribution < 1.29 is 9.72 Å². The predicted molar refractivity (Wildman–Crippen MR) is 88.0 cm³/mol. The lowest BCUT2D eigenvalue weighted by Gasteiger charge is -2.28. The zero-order valence-corrected chi connectivity index (χ0v) is 13.8. The zero-order valence-electron chi connectivity index (χ0n) is 12.3. The molecule has 1 aliphatic heterocycles. The van der Waals surface area contributed by atoms with Gasteiger partial charge in [0.15, 0.2) is 0 Å². The summed E-state index contributed by atoms with van der Waals surface area (Å²) in [5.41, 5.74) is 0.112. The largest absolute Gasteiger partial charge is 0.334 e. The Bertz CT molecular complexity index is 548. The maximum Gasteiger partial charge on any atom is 0.271 e. The first kappa shape index (κ1) is 18.7. The second-order valence-corrected chi connectivity index (χ2v) is 5.54. The van der Waals surface area contributed by atoms with Crippen molar-refractivity contribution in [2.75, 3.05) is 19.6 Å². The van der Waals surface area contributed by atoms with E-state index in [1.165, 1.54) is 18.2 Å². The molecule has 1 aliphatic rings. The molecule has 0 aromatic heterocycles. The number of hydrogen-bond donors (Lipinski definition) is 1. The molecule has 1 N–H and O–H groups in total. The molecule has 2 rings (SSSR count). The minimum atomic E-state index is -0.538. The Kier molecular flexibility index (Phi) is 7.06. The van der Waals surface area contributed by atoms with Crippen LogP contribution in [-0.2, 0) is 0 Å². The standard InChI is InChI=1S/C14H18ClN3O3.ClH/c1-2-5-17(12-3-4-16-9-12)14(19)10-6-11(15)8-13(7-10)18(20)21;/h6-8,12,16H,2-5,9H2,1H3;1H. The Morgan fingerprint density at radius 3 is 2.77 bits per heavy atom. The van der Waals surface area contributed by atoms with E-state index in [9.17, 15) is 14.9 Å². The number of hydrogen-bond acceptors (Lipinski definition) is 4. The van der Waals surface area contributed by atoms with Gasteiger partial charge in [-0.1, -0.05) is 18.5 Å². The van der Waals surface area contributed by atoms with Gasteiger partial charge in [0.1, 0.15) is 0 Å². The van der Waals surface area contributed by atoms with Gasteiger partial charge in [0.2, 0.25) is 0 Å². The van der Waals surface area contributed by atoms with Crippen LogP contribution in [0.5, 0.6) is 0 Å². The highest BCUT2D eigenvalue weighted by Crippen LogP contribution is 2.23. The van der Waals surface area contributed by atoms with Crippen LogP contribution in [0.2, 0.25) is 5.02 Å². The smallest absolute Gasteiger partial charge is 0.271 e. The quantitative estimate of drug-likeness (QED) is 0.656. The third kappa shape index (κ3) is 4.32. The molecule has 1 saturated heterocycles. The number of carbonyl (C=O) groups is 1. The molecule has 8 heteroatoms. The van der Waals surface area contributed by atoms with Crippen molar-refractivity contribution in [3.05, 3.63) is 38.9 Å². The van der Waals surface area contributed by atoms with Crippen molar-refractivity contribution in [2.24, 2.45) is 0 Å². The van der Waals surface area contributed by atoms with Crippen LogP contribution in [0.25, 0.3) is 0 Å². The van der Waals surface area contributed by atoms with Crippen LogP contribution < -0.4 is 5.32 Å². The minimum absolute atomic E-state index is 0. The van der Waals surface area contributed by atoms with E-state index in [0.717, 1.165) is 25.9 Å². The maximum atomic E-state index is 12.7. The fourth-order valence-electron chi connectivity index (χ4n) is 2.57. The molecule has 22 heavy (non-hydrogen) atoms. The number of nitro benzene ring substituents is 1. The molecule has 0 radical (unpaired) electrons. The van der Waals surface area contributed by atoms with Crippen molar-refractivity contribution >= 4 is 35.6 Å². The van der Waals surface area contributed by atoms with Gasteiger partial charge in [0, 0.05) is 41.9 Å². The van der Waals surface area contributed by atoms with E-state index in [-0.39, 0.29) is 40.6 Å². The topological polar surface area (TPSA) is 75.5 Å². The summed E-state index contributed by atoms with van der Waals surface area (Å²) in [6.07, 6.45) is 1.74. The Balaban J connectivity index is 0.00000242. The van der Waals surface area contributed by atoms with Crippen molar-refractivity contribution in [1.29, 1.82) is 0 Å². The van der Waals surface area contributed by atoms with Gasteiger partial charge in [0.05, 0.1) is 4.92 Å². The van der Waals surface area contributed by atoms with Crippen LogP contribution in [0, 0.1) is 10.1 Å². The van der Waals surface area contributed by atoms with Crippen molar-refractivity contribution in [3.8, 4) is 0 Å². The zero-order chi connectivity index (χ0) is 15.4. The van der Waals surface area contributed by atoms with Gasteiger partial charge in [-0.15, -0.1) is 12.4 Å². The van der Waals surface area contributed by atoms with E-state index in [0.29, 0.717) is 6.54 Å². The molecule has 1 atom stereocenters. The lowest BCUT2D eigenvalue weighted by Crippen LogP contribution is -2.42. The molecule has 0 bridgehead atoms. The lowest BCUT2D eigenvalue weighted by atomic mass is 10.1. The molecule has 0 saturated carbocycles. The summed E-state index contributed by atoms with van der Waals surface area (Å²) in [5, 5.41) is 14.3. The first-order chi connectivity index (χ1) is 10.0. The molecule has 0 aliphatic carbocycles. The summed E-state index contributed by atoms with van der Waals surface area (Å²) in [7, 11) is 0. The van der Waals surface area contributed by atoms with Crippen LogP contribution in [0.15, 0.2) is 18.2 Å². The highest BCUT2D eigenvalue weighted by atomic mass is 35.5. The highest BCUT2D eigenvalue weighted by Gasteiger charge is 2.27. The summed E-state index contributed by atoms with van der Waals surface area (Å²) in [6, 6.07) is 4.16. The predicted octanol–water partition coefficient (Wildman–Crippen LogP) is 2.88. The number of rotatable bonds is 5. The molecule has 1 fully saturated rings. The van der Waals surface area contributed by atoms with Crippen LogP contribution >= 0.6 is 24.0 Å². The first-order valence-corrected chi connectivity index (χ1v) is 7.37. The number of nitro groups is 1. The summed E-state index contributed by atoms with van der Waals surface area (Å²) in [5.74, 6) is -0.198. The van der Waals surface area contributed by atoms with Gasteiger partial charge < -0.3 is 10.2 Å². The van der Waals surface area contributed by atoms with E-state index in [4.69, 9.17) is 11.6 Å². The Labute approximate surface area is 140 Å². The molecule has 1 aromatic rings. The monoisotopic (exact) mass is 347 g/mol. The van der Waals surface area contributed by atoms with Gasteiger partial charge in [0.25, 0.3) is 11.6 Å². The van der Waals surface area contributed by atoms with E-state index in [1.807, 2.05) is 6.92 Å². The van der Waals surface area contributed by atoms with Gasteiger partial charge in [-0.2, -0.15) is 0 Å². The van der Waals surface area contributed by atoms with Crippen molar-refractivity contribution in [1.82, 2.24) is 10.2 Å². The fraction of sp³-hybridized carbons (Fsp3) is 0.500. The van der Waals surface area contributed by atoms with E-state index < -0.39 is 4.92 Å². The number of halogens is 2. The summed E-state index contributed by atoms with van der Waals surface area (Å²) >= 11 is 5.89. The minimum Gasteiger partial charge on any atom is -0.334 e. The second kappa shape index (κ2) is 8.31. The SMILES string of the molecule is CCCN(C(=O)c1cc(Cl)cc([N+](=O)[O-])c1)C1CCNC1.Cl. The number of carbonyl (C=O) groups excluding carboxylic acids is 1. The Hall–Kier alpha value is -1.37. The second-order valence-electron chi connectivity index (χ2n) is 5.10. The summed E-state index contributed by atoms with van der Waals surface area (Å²) in [6.45, 7) is 4.27. The first-order valence-electron chi connectivity index (χ1n) is 6.99. The third-order valence-electron chi connectivity index (χ3n) is 3.54. The highest BCUT2D eigenvalue weighted by molar-refractivity contribution is 6.31. The summed E-state index contributed by atoms with van der Waals surface area (Å²) in [4.78, 5) is 24.8. The lowest BCUT2D eigenvalue weighted by molar-refractivity contribution is -0.384. The normalized spacial score (nSPS) is 16.9. The van der Waals surface area contributed by atoms with E-state index in [1.54, 1.807) is 4.90 Å². The van der Waals surface area contributed by atoms with Crippen LogP contribution in [0.1, 0.15) is 30.1 Å².